The van der Waals surface area contributed by atoms with E-state index in [2.05, 4.69) is 20.1 Å². The first-order valence-electron chi connectivity index (χ1n) is 6.18. The fourth-order valence-electron chi connectivity index (χ4n) is 2.28. The van der Waals surface area contributed by atoms with Crippen LogP contribution in [-0.4, -0.2) is 5.92 Å². The van der Waals surface area contributed by atoms with Crippen molar-refractivity contribution in [3.8, 4) is 0 Å². The number of hydrogen-bond acceptors (Lipinski definition) is 0. The number of rotatable bonds is 5. The smallest absolute Gasteiger partial charge is 0.207 e. The van der Waals surface area contributed by atoms with Crippen LogP contribution in [0.5, 0.6) is 0 Å². The first kappa shape index (κ1) is 13.4. The summed E-state index contributed by atoms with van der Waals surface area (Å²) in [5.41, 5.74) is 2.16. The zero-order chi connectivity index (χ0) is 12.2. The Morgan fingerprint density at radius 1 is 1.19 bits per heavy atom. The molecule has 0 aliphatic heterocycles. The van der Waals surface area contributed by atoms with E-state index in [1.165, 1.54) is 0 Å². The second-order valence-electron chi connectivity index (χ2n) is 4.96. The molecule has 0 aromatic heterocycles. The van der Waals surface area contributed by atoms with Crippen LogP contribution in [0.15, 0.2) is 24.3 Å². The molecular weight excluding hydrogens is 206 g/mol. The van der Waals surface area contributed by atoms with Crippen LogP contribution >= 0.6 is 0 Å². The summed E-state index contributed by atoms with van der Waals surface area (Å²) in [4.78, 5) is 0. The Morgan fingerprint density at radius 3 is 2.25 bits per heavy atom. The highest BCUT2D eigenvalue weighted by atomic mass is 19.3. The molecule has 2 heteroatoms. The molecule has 1 rings (SSSR count). The maximum atomic E-state index is 13.0. The first-order valence-corrected chi connectivity index (χ1v) is 6.18. The third kappa shape index (κ3) is 4.07. The minimum atomic E-state index is -2.42. The molecule has 0 unspecified atom stereocenters. The van der Waals surface area contributed by atoms with E-state index in [-0.39, 0.29) is 12.8 Å². The molecule has 16 heavy (non-hydrogen) atoms. The number of hydrogen-bond donors (Lipinski definition) is 0. The molecule has 92 valence electrons. The van der Waals surface area contributed by atoms with Gasteiger partial charge >= 0.3 is 0 Å². The van der Waals surface area contributed by atoms with Crippen LogP contribution in [0.4, 0.5) is 8.78 Å². The molecule has 1 aliphatic rings. The maximum Gasteiger partial charge on any atom is 0.248 e. The van der Waals surface area contributed by atoms with Crippen LogP contribution in [-0.2, 0) is 0 Å². The molecule has 0 saturated heterocycles. The lowest BCUT2D eigenvalue weighted by atomic mass is 9.81. The van der Waals surface area contributed by atoms with Gasteiger partial charge in [0.25, 0.3) is 0 Å². The summed E-state index contributed by atoms with van der Waals surface area (Å²) < 4.78 is 25.9. The molecule has 0 bridgehead atoms. The molecule has 1 aliphatic carbocycles. The third-order valence-electron chi connectivity index (χ3n) is 3.42. The molecule has 0 aromatic rings. The third-order valence-corrected chi connectivity index (χ3v) is 3.42. The molecule has 0 heterocycles. The van der Waals surface area contributed by atoms with Gasteiger partial charge in [-0.25, -0.2) is 8.78 Å². The summed E-state index contributed by atoms with van der Waals surface area (Å²) in [7, 11) is 0. The van der Waals surface area contributed by atoms with Crippen molar-refractivity contribution in [2.45, 2.75) is 57.8 Å². The molecule has 0 atom stereocenters. The normalized spacial score (nSPS) is 20.7. The lowest BCUT2D eigenvalue weighted by Gasteiger charge is -2.28. The fraction of sp³-hybridized carbons (Fsp3) is 0.714. The van der Waals surface area contributed by atoms with Gasteiger partial charge in [0.05, 0.1) is 0 Å². The van der Waals surface area contributed by atoms with Crippen molar-refractivity contribution in [1.82, 2.24) is 0 Å². The van der Waals surface area contributed by atoms with E-state index in [1.807, 2.05) is 0 Å². The van der Waals surface area contributed by atoms with Crippen molar-refractivity contribution >= 4 is 0 Å². The Kier molecular flexibility index (Phi) is 4.69. The van der Waals surface area contributed by atoms with E-state index in [4.69, 9.17) is 0 Å². The molecule has 0 spiro atoms. The van der Waals surface area contributed by atoms with Crippen molar-refractivity contribution in [3.63, 3.8) is 0 Å². The molecule has 0 aromatic carbocycles. The van der Waals surface area contributed by atoms with Crippen LogP contribution in [0.2, 0.25) is 0 Å². The largest absolute Gasteiger partial charge is 0.248 e. The lowest BCUT2D eigenvalue weighted by Crippen LogP contribution is -2.24. The zero-order valence-corrected chi connectivity index (χ0v) is 10.2. The van der Waals surface area contributed by atoms with Gasteiger partial charge in [-0.05, 0) is 31.6 Å². The standard InChI is InChI=1S/C14H22F2/c1-4-5-11(2)12(3)10-13-6-8-14(15,16)9-7-13/h13H,2-10H2,1H3. The quantitative estimate of drug-likeness (QED) is 0.573. The summed E-state index contributed by atoms with van der Waals surface area (Å²) in [6, 6.07) is 0. The molecule has 1 fully saturated rings. The predicted octanol–water partition coefficient (Wildman–Crippen LogP) is 5.11. The fourth-order valence-corrected chi connectivity index (χ4v) is 2.28. The molecule has 0 amide bonds. The Labute approximate surface area is 97.4 Å². The van der Waals surface area contributed by atoms with Gasteiger partial charge in [0, 0.05) is 12.8 Å². The van der Waals surface area contributed by atoms with Gasteiger partial charge in [0.15, 0.2) is 0 Å². The SMILES string of the molecule is C=C(CCC)C(=C)CC1CCC(F)(F)CC1. The molecule has 1 saturated carbocycles. The van der Waals surface area contributed by atoms with E-state index >= 15 is 0 Å². The Morgan fingerprint density at radius 2 is 1.75 bits per heavy atom. The Balaban J connectivity index is 2.34. The summed E-state index contributed by atoms with van der Waals surface area (Å²) in [6.07, 6.45) is 4.25. The Bertz CT molecular complexity index is 256. The van der Waals surface area contributed by atoms with Crippen molar-refractivity contribution in [2.75, 3.05) is 0 Å². The zero-order valence-electron chi connectivity index (χ0n) is 10.2. The summed E-state index contributed by atoms with van der Waals surface area (Å²) in [5, 5.41) is 0. The monoisotopic (exact) mass is 228 g/mol. The van der Waals surface area contributed by atoms with Gasteiger partial charge in [0.2, 0.25) is 5.92 Å². The average Bonchev–Trinajstić information content (AvgIpc) is 2.21. The van der Waals surface area contributed by atoms with Crippen molar-refractivity contribution < 1.29 is 8.78 Å². The highest BCUT2D eigenvalue weighted by Crippen LogP contribution is 2.39. The van der Waals surface area contributed by atoms with Gasteiger partial charge in [-0.15, -0.1) is 0 Å². The molecular formula is C14H22F2. The molecule has 0 N–H and O–H groups in total. The topological polar surface area (TPSA) is 0 Å². The van der Waals surface area contributed by atoms with E-state index in [0.29, 0.717) is 18.8 Å². The summed E-state index contributed by atoms with van der Waals surface area (Å²) in [5.74, 6) is -2.03. The summed E-state index contributed by atoms with van der Waals surface area (Å²) >= 11 is 0. The minimum absolute atomic E-state index is 0.0468. The minimum Gasteiger partial charge on any atom is -0.207 e. The number of halogens is 2. The first-order chi connectivity index (χ1) is 7.44. The second kappa shape index (κ2) is 5.60. The van der Waals surface area contributed by atoms with Crippen LogP contribution in [0, 0.1) is 5.92 Å². The van der Waals surface area contributed by atoms with E-state index in [0.717, 1.165) is 30.4 Å². The second-order valence-corrected chi connectivity index (χ2v) is 4.96. The van der Waals surface area contributed by atoms with Crippen LogP contribution < -0.4 is 0 Å². The predicted molar refractivity (Wildman–Crippen MR) is 64.7 cm³/mol. The van der Waals surface area contributed by atoms with Crippen LogP contribution in [0.3, 0.4) is 0 Å². The van der Waals surface area contributed by atoms with Gasteiger partial charge < -0.3 is 0 Å². The van der Waals surface area contributed by atoms with Crippen molar-refractivity contribution in [3.05, 3.63) is 24.3 Å². The molecule has 0 nitrogen and oxygen atoms in total. The lowest BCUT2D eigenvalue weighted by molar-refractivity contribution is -0.0455. The van der Waals surface area contributed by atoms with Crippen molar-refractivity contribution in [1.29, 1.82) is 0 Å². The van der Waals surface area contributed by atoms with Gasteiger partial charge in [0.1, 0.15) is 0 Å². The van der Waals surface area contributed by atoms with Crippen molar-refractivity contribution in [2.24, 2.45) is 5.92 Å². The molecule has 0 radical (unpaired) electrons. The van der Waals surface area contributed by atoms with E-state index in [9.17, 15) is 8.78 Å². The average molecular weight is 228 g/mol. The van der Waals surface area contributed by atoms with Crippen LogP contribution in [0.1, 0.15) is 51.9 Å². The highest BCUT2D eigenvalue weighted by molar-refractivity contribution is 5.25. The van der Waals surface area contributed by atoms with E-state index < -0.39 is 5.92 Å². The van der Waals surface area contributed by atoms with Crippen LogP contribution in [0.25, 0.3) is 0 Å². The maximum absolute atomic E-state index is 13.0. The number of allylic oxidation sites excluding steroid dienone is 2. The van der Waals surface area contributed by atoms with E-state index in [1.54, 1.807) is 0 Å². The van der Waals surface area contributed by atoms with Gasteiger partial charge in [-0.2, -0.15) is 0 Å². The van der Waals surface area contributed by atoms with Gasteiger partial charge in [-0.1, -0.05) is 37.6 Å². The highest BCUT2D eigenvalue weighted by Gasteiger charge is 2.34. The summed E-state index contributed by atoms with van der Waals surface area (Å²) in [6.45, 7) is 10.1. The number of alkyl halides is 2. The van der Waals surface area contributed by atoms with Gasteiger partial charge in [-0.3, -0.25) is 0 Å². The Hall–Kier alpha value is -0.660.